The largest absolute Gasteiger partial charge is 0.361 e. The maximum Gasteiger partial charge on any atom is 0.161 e. The molecule has 6 nitrogen and oxygen atoms in total. The van der Waals surface area contributed by atoms with Crippen LogP contribution in [0.3, 0.4) is 0 Å². The lowest BCUT2D eigenvalue weighted by Gasteiger charge is -2.21. The number of carbonyl (C=O) groups excluding carboxylic acids is 1. The first-order valence-corrected chi connectivity index (χ1v) is 9.08. The molecular weight excluding hydrogens is 364 g/mol. The Balaban J connectivity index is 1.92. The average Bonchev–Trinajstić information content (AvgIpc) is 3.21. The Morgan fingerprint density at radius 1 is 1.30 bits per heavy atom. The maximum atomic E-state index is 11.7. The van der Waals surface area contributed by atoms with Gasteiger partial charge in [0.05, 0.1) is 30.7 Å². The highest BCUT2D eigenvalue weighted by atomic mass is 35.5. The van der Waals surface area contributed by atoms with Gasteiger partial charge in [0.1, 0.15) is 5.60 Å². The van der Waals surface area contributed by atoms with Gasteiger partial charge in [0.2, 0.25) is 0 Å². The fraction of sp³-hybridized carbons (Fsp3) is 0.350. The van der Waals surface area contributed by atoms with Crippen molar-refractivity contribution in [2.24, 2.45) is 7.05 Å². The predicted molar refractivity (Wildman–Crippen MR) is 105 cm³/mol. The molecular formula is C20H23ClN4O2. The number of aryl methyl sites for hydroxylation is 1. The predicted octanol–water partition coefficient (Wildman–Crippen LogP) is 3.87. The lowest BCUT2D eigenvalue weighted by Crippen LogP contribution is -2.32. The lowest BCUT2D eigenvalue weighted by molar-refractivity contribution is -0.139. The first-order chi connectivity index (χ1) is 12.8. The Kier molecular flexibility index (Phi) is 5.48. The third-order valence-corrected chi connectivity index (χ3v) is 4.91. The molecule has 0 radical (unpaired) electrons. The number of nitrogens with zero attached hydrogens (tertiary/aromatic N) is 4. The van der Waals surface area contributed by atoms with Crippen molar-refractivity contribution >= 4 is 17.4 Å². The normalized spacial score (nSPS) is 11.7. The molecule has 27 heavy (non-hydrogen) atoms. The molecule has 0 amide bonds. The summed E-state index contributed by atoms with van der Waals surface area (Å²) < 4.78 is 9.42. The molecule has 0 aliphatic rings. The van der Waals surface area contributed by atoms with E-state index in [4.69, 9.17) is 16.3 Å². The number of rotatable bonds is 7. The van der Waals surface area contributed by atoms with Gasteiger partial charge < -0.3 is 4.74 Å². The van der Waals surface area contributed by atoms with Crippen molar-refractivity contribution in [3.63, 3.8) is 0 Å². The van der Waals surface area contributed by atoms with E-state index in [0.717, 1.165) is 22.5 Å². The molecule has 7 heteroatoms. The van der Waals surface area contributed by atoms with Gasteiger partial charge in [-0.05, 0) is 38.5 Å². The zero-order chi connectivity index (χ0) is 19.6. The molecule has 2 aromatic heterocycles. The van der Waals surface area contributed by atoms with Crippen molar-refractivity contribution in [2.45, 2.75) is 39.5 Å². The highest BCUT2D eigenvalue weighted by Gasteiger charge is 2.25. The summed E-state index contributed by atoms with van der Waals surface area (Å²) in [5.74, 6) is -0.0227. The average molecular weight is 387 g/mol. The standard InChI is InChI=1S/C20H23ClN4O2/c1-14(26)20(2,3)27-13-17-9-19(16-10-22-24(4)11-16)25(23-17)12-15-7-5-6-8-18(15)21/h5-11H,12-13H2,1-4H3. The zero-order valence-electron chi connectivity index (χ0n) is 15.9. The van der Waals surface area contributed by atoms with E-state index in [-0.39, 0.29) is 12.4 Å². The van der Waals surface area contributed by atoms with Crippen LogP contribution in [0, 0.1) is 0 Å². The molecule has 0 saturated carbocycles. The quantitative estimate of drug-likeness (QED) is 0.618. The van der Waals surface area contributed by atoms with Gasteiger partial charge >= 0.3 is 0 Å². The summed E-state index contributed by atoms with van der Waals surface area (Å²) in [6, 6.07) is 9.66. The van der Waals surface area contributed by atoms with Crippen molar-refractivity contribution in [1.29, 1.82) is 0 Å². The number of hydrogen-bond acceptors (Lipinski definition) is 4. The number of carbonyl (C=O) groups is 1. The van der Waals surface area contributed by atoms with Gasteiger partial charge in [0.25, 0.3) is 0 Å². The van der Waals surface area contributed by atoms with Crippen molar-refractivity contribution in [3.8, 4) is 11.3 Å². The molecule has 0 unspecified atom stereocenters. The highest BCUT2D eigenvalue weighted by Crippen LogP contribution is 2.24. The number of benzene rings is 1. The number of aromatic nitrogens is 4. The van der Waals surface area contributed by atoms with Crippen molar-refractivity contribution in [1.82, 2.24) is 19.6 Å². The SMILES string of the molecule is CC(=O)C(C)(C)OCc1cc(-c2cnn(C)c2)n(Cc2ccccc2Cl)n1. The third kappa shape index (κ3) is 4.46. The van der Waals surface area contributed by atoms with Crippen LogP contribution in [-0.2, 0) is 29.7 Å². The first-order valence-electron chi connectivity index (χ1n) is 8.70. The Labute approximate surface area is 163 Å². The second-order valence-corrected chi connectivity index (χ2v) is 7.44. The van der Waals surface area contributed by atoms with Gasteiger partial charge in [0, 0.05) is 23.8 Å². The van der Waals surface area contributed by atoms with E-state index < -0.39 is 5.60 Å². The van der Waals surface area contributed by atoms with E-state index in [9.17, 15) is 4.79 Å². The summed E-state index contributed by atoms with van der Waals surface area (Å²) in [6.45, 7) is 5.82. The maximum absolute atomic E-state index is 11.7. The van der Waals surface area contributed by atoms with Crippen molar-refractivity contribution in [2.75, 3.05) is 0 Å². The summed E-state index contributed by atoms with van der Waals surface area (Å²) in [5.41, 5.74) is 2.75. The molecule has 142 valence electrons. The Morgan fingerprint density at radius 2 is 2.04 bits per heavy atom. The van der Waals surface area contributed by atoms with Crippen LogP contribution in [0.1, 0.15) is 32.0 Å². The third-order valence-electron chi connectivity index (χ3n) is 4.54. The van der Waals surface area contributed by atoms with Crippen LogP contribution in [0.4, 0.5) is 0 Å². The Hall–Kier alpha value is -2.44. The summed E-state index contributed by atoms with van der Waals surface area (Å²) >= 11 is 6.32. The van der Waals surface area contributed by atoms with Crippen molar-refractivity contribution in [3.05, 3.63) is 59.0 Å². The van der Waals surface area contributed by atoms with E-state index in [2.05, 4.69) is 10.2 Å². The molecule has 0 aliphatic carbocycles. The van der Waals surface area contributed by atoms with E-state index in [1.807, 2.05) is 48.3 Å². The van der Waals surface area contributed by atoms with Gasteiger partial charge in [-0.3, -0.25) is 14.2 Å². The summed E-state index contributed by atoms with van der Waals surface area (Å²) in [7, 11) is 1.87. The second-order valence-electron chi connectivity index (χ2n) is 7.03. The number of ketones is 1. The minimum Gasteiger partial charge on any atom is -0.361 e. The smallest absolute Gasteiger partial charge is 0.161 e. The van der Waals surface area contributed by atoms with Gasteiger partial charge in [-0.15, -0.1) is 0 Å². The molecule has 3 aromatic rings. The number of hydrogen-bond donors (Lipinski definition) is 0. The molecule has 0 N–H and O–H groups in total. The zero-order valence-corrected chi connectivity index (χ0v) is 16.7. The van der Waals surface area contributed by atoms with Gasteiger partial charge in [-0.25, -0.2) is 0 Å². The van der Waals surface area contributed by atoms with E-state index in [0.29, 0.717) is 11.6 Å². The highest BCUT2D eigenvalue weighted by molar-refractivity contribution is 6.31. The number of Topliss-reactive ketones (excluding diaryl/α,β-unsaturated/α-hetero) is 1. The Morgan fingerprint density at radius 3 is 2.67 bits per heavy atom. The Bertz CT molecular complexity index is 959. The van der Waals surface area contributed by atoms with Crippen LogP contribution >= 0.6 is 11.6 Å². The number of halogens is 1. The molecule has 2 heterocycles. The fourth-order valence-electron chi connectivity index (χ4n) is 2.59. The summed E-state index contributed by atoms with van der Waals surface area (Å²) in [6.07, 6.45) is 3.73. The minimum absolute atomic E-state index is 0.0227. The van der Waals surface area contributed by atoms with Crippen LogP contribution in [0.25, 0.3) is 11.3 Å². The lowest BCUT2D eigenvalue weighted by atomic mass is 10.1. The van der Waals surface area contributed by atoms with Gasteiger partial charge in [-0.2, -0.15) is 10.2 Å². The van der Waals surface area contributed by atoms with E-state index >= 15 is 0 Å². The molecule has 1 aromatic carbocycles. The first kappa shape index (κ1) is 19.3. The van der Waals surface area contributed by atoms with E-state index in [1.54, 1.807) is 24.7 Å². The monoisotopic (exact) mass is 386 g/mol. The molecule has 0 spiro atoms. The molecule has 0 bridgehead atoms. The van der Waals surface area contributed by atoms with Gasteiger partial charge in [0.15, 0.2) is 5.78 Å². The van der Waals surface area contributed by atoms with Crippen LogP contribution in [0.5, 0.6) is 0 Å². The molecule has 0 fully saturated rings. The van der Waals surface area contributed by atoms with E-state index in [1.165, 1.54) is 6.92 Å². The molecule has 3 rings (SSSR count). The van der Waals surface area contributed by atoms with Gasteiger partial charge in [-0.1, -0.05) is 29.8 Å². The fourth-order valence-corrected chi connectivity index (χ4v) is 2.79. The summed E-state index contributed by atoms with van der Waals surface area (Å²) in [4.78, 5) is 11.7. The molecule has 0 aliphatic heterocycles. The van der Waals surface area contributed by atoms with Crippen molar-refractivity contribution < 1.29 is 9.53 Å². The second kappa shape index (κ2) is 7.66. The topological polar surface area (TPSA) is 61.9 Å². The van der Waals surface area contributed by atoms with Crippen LogP contribution in [0.2, 0.25) is 5.02 Å². The minimum atomic E-state index is -0.846. The molecule has 0 atom stereocenters. The summed E-state index contributed by atoms with van der Waals surface area (Å²) in [5, 5.41) is 9.62. The van der Waals surface area contributed by atoms with Crippen LogP contribution in [0.15, 0.2) is 42.7 Å². The van der Waals surface area contributed by atoms with Crippen LogP contribution in [-0.4, -0.2) is 30.9 Å². The van der Waals surface area contributed by atoms with Crippen LogP contribution < -0.4 is 0 Å². The molecule has 0 saturated heterocycles. The number of ether oxygens (including phenoxy) is 1.